The molecule has 2 heterocycles. The molecule has 1 unspecified atom stereocenters. The highest BCUT2D eigenvalue weighted by atomic mass is 16.6. The summed E-state index contributed by atoms with van der Waals surface area (Å²) in [5.41, 5.74) is 2.01. The van der Waals surface area contributed by atoms with Gasteiger partial charge in [0.15, 0.2) is 17.6 Å². The van der Waals surface area contributed by atoms with Gasteiger partial charge in [0.25, 0.3) is 0 Å². The summed E-state index contributed by atoms with van der Waals surface area (Å²) >= 11 is 0. The topological polar surface area (TPSA) is 57.7 Å². The molecular weight excluding hydrogens is 318 g/mol. The lowest BCUT2D eigenvalue weighted by molar-refractivity contribution is -0.144. The molecule has 0 spiro atoms. The Labute approximate surface area is 147 Å². The summed E-state index contributed by atoms with van der Waals surface area (Å²) in [4.78, 5) is 16.1. The summed E-state index contributed by atoms with van der Waals surface area (Å²) in [5, 5.41) is 0. The first-order chi connectivity index (χ1) is 12.3. The first kappa shape index (κ1) is 17.2. The van der Waals surface area contributed by atoms with Gasteiger partial charge in [-0.25, -0.2) is 4.79 Å². The fourth-order valence-corrected chi connectivity index (χ4v) is 2.59. The fourth-order valence-electron chi connectivity index (χ4n) is 2.59. The number of aromatic nitrogens is 1. The maximum absolute atomic E-state index is 12.1. The molecule has 5 nitrogen and oxygen atoms in total. The Hall–Kier alpha value is -2.66. The third-order valence-corrected chi connectivity index (χ3v) is 3.85. The van der Waals surface area contributed by atoms with Crippen LogP contribution in [0.25, 0.3) is 12.2 Å². The lowest BCUT2D eigenvalue weighted by Crippen LogP contribution is -2.25. The third-order valence-electron chi connectivity index (χ3n) is 3.85. The van der Waals surface area contributed by atoms with E-state index in [1.54, 1.807) is 18.5 Å². The van der Waals surface area contributed by atoms with Gasteiger partial charge in [0.2, 0.25) is 0 Å². The van der Waals surface area contributed by atoms with E-state index in [1.807, 2.05) is 43.3 Å². The predicted molar refractivity (Wildman–Crippen MR) is 95.4 cm³/mol. The molecule has 1 saturated heterocycles. The smallest absolute Gasteiger partial charge is 0.340 e. The number of ether oxygens (including phenoxy) is 3. The van der Waals surface area contributed by atoms with Crippen LogP contribution in [0.4, 0.5) is 0 Å². The van der Waals surface area contributed by atoms with Gasteiger partial charge < -0.3 is 14.2 Å². The summed E-state index contributed by atoms with van der Waals surface area (Å²) in [6, 6.07) is 9.36. The number of carbonyl (C=O) groups excluding carboxylic acids is 1. The molecular formula is C20H21NO4. The van der Waals surface area contributed by atoms with Gasteiger partial charge in [0, 0.05) is 19.0 Å². The quantitative estimate of drug-likeness (QED) is 0.593. The SMILES string of the molecule is CCOc1cc(/C=C/c2ccncc2)ccc1OC(=O)C1CCCO1. The number of carbonyl (C=O) groups is 1. The van der Waals surface area contributed by atoms with Gasteiger partial charge in [-0.2, -0.15) is 0 Å². The van der Waals surface area contributed by atoms with Gasteiger partial charge in [-0.1, -0.05) is 18.2 Å². The lowest BCUT2D eigenvalue weighted by Gasteiger charge is -2.13. The van der Waals surface area contributed by atoms with Gasteiger partial charge in [0.05, 0.1) is 6.61 Å². The van der Waals surface area contributed by atoms with Crippen molar-refractivity contribution in [1.82, 2.24) is 4.98 Å². The molecule has 1 aromatic carbocycles. The zero-order chi connectivity index (χ0) is 17.5. The van der Waals surface area contributed by atoms with Crippen molar-refractivity contribution < 1.29 is 19.0 Å². The van der Waals surface area contributed by atoms with Crippen LogP contribution in [-0.4, -0.2) is 30.3 Å². The van der Waals surface area contributed by atoms with E-state index in [-0.39, 0.29) is 5.97 Å². The summed E-state index contributed by atoms with van der Waals surface area (Å²) < 4.78 is 16.5. The van der Waals surface area contributed by atoms with Crippen molar-refractivity contribution in [2.75, 3.05) is 13.2 Å². The first-order valence-electron chi connectivity index (χ1n) is 8.44. The molecule has 25 heavy (non-hydrogen) atoms. The van der Waals surface area contributed by atoms with Crippen LogP contribution in [0, 0.1) is 0 Å². The second-order valence-corrected chi connectivity index (χ2v) is 5.68. The third kappa shape index (κ3) is 4.67. The van der Waals surface area contributed by atoms with Crippen molar-refractivity contribution in [3.8, 4) is 11.5 Å². The van der Waals surface area contributed by atoms with Crippen LogP contribution < -0.4 is 9.47 Å². The van der Waals surface area contributed by atoms with Gasteiger partial charge in [-0.05, 0) is 55.2 Å². The molecule has 1 aromatic heterocycles. The van der Waals surface area contributed by atoms with Crippen molar-refractivity contribution in [2.45, 2.75) is 25.9 Å². The minimum Gasteiger partial charge on any atom is -0.490 e. The molecule has 1 aliphatic rings. The molecule has 0 saturated carbocycles. The van der Waals surface area contributed by atoms with Crippen LogP contribution in [0.5, 0.6) is 11.5 Å². The van der Waals surface area contributed by atoms with Gasteiger partial charge >= 0.3 is 5.97 Å². The highest BCUT2D eigenvalue weighted by molar-refractivity contribution is 5.78. The highest BCUT2D eigenvalue weighted by Crippen LogP contribution is 2.30. The Bertz CT molecular complexity index is 737. The number of pyridine rings is 1. The number of esters is 1. The molecule has 0 N–H and O–H groups in total. The molecule has 2 aromatic rings. The summed E-state index contributed by atoms with van der Waals surface area (Å²) in [5.74, 6) is 0.604. The molecule has 0 bridgehead atoms. The van der Waals surface area contributed by atoms with Crippen LogP contribution in [0.15, 0.2) is 42.7 Å². The number of hydrogen-bond acceptors (Lipinski definition) is 5. The molecule has 5 heteroatoms. The van der Waals surface area contributed by atoms with Crippen molar-refractivity contribution in [3.63, 3.8) is 0 Å². The molecule has 3 rings (SSSR count). The van der Waals surface area contributed by atoms with Gasteiger partial charge in [-0.15, -0.1) is 0 Å². The van der Waals surface area contributed by atoms with Crippen LogP contribution in [0.2, 0.25) is 0 Å². The minimum absolute atomic E-state index is 0.362. The monoisotopic (exact) mass is 339 g/mol. The van der Waals surface area contributed by atoms with E-state index >= 15 is 0 Å². The molecule has 130 valence electrons. The molecule has 0 radical (unpaired) electrons. The minimum atomic E-state index is -0.472. The standard InChI is InChI=1S/C20H21NO4/c1-2-23-19-14-16(6-5-15-9-11-21-12-10-15)7-8-17(19)25-20(22)18-4-3-13-24-18/h5-12,14,18H,2-4,13H2,1H3/b6-5+. The maximum atomic E-state index is 12.1. The van der Waals surface area contributed by atoms with E-state index in [2.05, 4.69) is 4.98 Å². The highest BCUT2D eigenvalue weighted by Gasteiger charge is 2.26. The zero-order valence-electron chi connectivity index (χ0n) is 14.2. The number of benzene rings is 1. The van der Waals surface area contributed by atoms with Gasteiger partial charge in [0.1, 0.15) is 0 Å². The Kier molecular flexibility index (Phi) is 5.80. The molecule has 1 aliphatic heterocycles. The molecule has 0 aliphatic carbocycles. The number of nitrogens with zero attached hydrogens (tertiary/aromatic N) is 1. The van der Waals surface area contributed by atoms with Crippen LogP contribution in [0.3, 0.4) is 0 Å². The second-order valence-electron chi connectivity index (χ2n) is 5.68. The first-order valence-corrected chi connectivity index (χ1v) is 8.44. The Balaban J connectivity index is 1.75. The van der Waals surface area contributed by atoms with E-state index < -0.39 is 6.10 Å². The Morgan fingerprint density at radius 1 is 1.20 bits per heavy atom. The van der Waals surface area contributed by atoms with E-state index in [0.29, 0.717) is 31.1 Å². The largest absolute Gasteiger partial charge is 0.490 e. The predicted octanol–water partition coefficient (Wildman–Crippen LogP) is 3.74. The molecule has 0 amide bonds. The Morgan fingerprint density at radius 2 is 2.00 bits per heavy atom. The summed E-state index contributed by atoms with van der Waals surface area (Å²) in [7, 11) is 0. The van der Waals surface area contributed by atoms with Crippen molar-refractivity contribution >= 4 is 18.1 Å². The van der Waals surface area contributed by atoms with Crippen LogP contribution in [0.1, 0.15) is 30.9 Å². The normalized spacial score (nSPS) is 16.9. The average molecular weight is 339 g/mol. The average Bonchev–Trinajstić information content (AvgIpc) is 3.18. The van der Waals surface area contributed by atoms with Crippen LogP contribution >= 0.6 is 0 Å². The zero-order valence-corrected chi connectivity index (χ0v) is 14.2. The fraction of sp³-hybridized carbons (Fsp3) is 0.300. The maximum Gasteiger partial charge on any atom is 0.340 e. The van der Waals surface area contributed by atoms with Crippen molar-refractivity contribution in [3.05, 3.63) is 53.9 Å². The van der Waals surface area contributed by atoms with Crippen molar-refractivity contribution in [1.29, 1.82) is 0 Å². The number of rotatable bonds is 6. The van der Waals surface area contributed by atoms with Gasteiger partial charge in [-0.3, -0.25) is 4.98 Å². The van der Waals surface area contributed by atoms with Crippen molar-refractivity contribution in [2.24, 2.45) is 0 Å². The summed E-state index contributed by atoms with van der Waals surface area (Å²) in [6.07, 6.45) is 8.58. The van der Waals surface area contributed by atoms with E-state index in [1.165, 1.54) is 0 Å². The molecule has 1 fully saturated rings. The lowest BCUT2D eigenvalue weighted by atomic mass is 10.1. The van der Waals surface area contributed by atoms with E-state index in [4.69, 9.17) is 14.2 Å². The number of hydrogen-bond donors (Lipinski definition) is 0. The second kappa shape index (κ2) is 8.44. The molecule has 1 atom stereocenters. The van der Waals surface area contributed by atoms with E-state index in [0.717, 1.165) is 17.5 Å². The van der Waals surface area contributed by atoms with E-state index in [9.17, 15) is 4.79 Å². The van der Waals surface area contributed by atoms with Crippen LogP contribution in [-0.2, 0) is 9.53 Å². The Morgan fingerprint density at radius 3 is 2.72 bits per heavy atom. The summed E-state index contributed by atoms with van der Waals surface area (Å²) in [6.45, 7) is 2.99.